The van der Waals surface area contributed by atoms with E-state index >= 15 is 0 Å². The number of anilines is 1. The Morgan fingerprint density at radius 2 is 2.35 bits per heavy atom. The van der Waals surface area contributed by atoms with Gasteiger partial charge in [0.2, 0.25) is 0 Å². The number of methoxy groups -OCH3 is 1. The van der Waals surface area contributed by atoms with Gasteiger partial charge in [0, 0.05) is 19.3 Å². The molecule has 0 amide bonds. The van der Waals surface area contributed by atoms with E-state index in [9.17, 15) is 9.90 Å². The molecule has 2 rings (SSSR count). The summed E-state index contributed by atoms with van der Waals surface area (Å²) in [7, 11) is 3.42. The molecule has 0 fully saturated rings. The summed E-state index contributed by atoms with van der Waals surface area (Å²) in [4.78, 5) is 13.5. The summed E-state index contributed by atoms with van der Waals surface area (Å²) in [5.74, 6) is 0.184. The van der Waals surface area contributed by atoms with Gasteiger partial charge in [0.1, 0.15) is 5.75 Å². The molecule has 4 nitrogen and oxygen atoms in total. The normalized spacial score (nSPS) is 18.7. The molecule has 1 atom stereocenters. The SMILES string of the molecule is COC(=O)CC1CCN(C)c2ccc(O)cc21. The minimum absolute atomic E-state index is 0.140. The number of carbonyl (C=O) groups excluding carboxylic acids is 1. The molecule has 0 radical (unpaired) electrons. The number of phenolic OH excluding ortho intramolecular Hbond substituents is 1. The van der Waals surface area contributed by atoms with Crippen molar-refractivity contribution < 1.29 is 14.6 Å². The van der Waals surface area contributed by atoms with E-state index in [1.807, 2.05) is 13.1 Å². The third-order valence-corrected chi connectivity index (χ3v) is 3.32. The first kappa shape index (κ1) is 11.8. The van der Waals surface area contributed by atoms with Gasteiger partial charge in [-0.2, -0.15) is 0 Å². The van der Waals surface area contributed by atoms with Crippen molar-refractivity contribution in [3.63, 3.8) is 0 Å². The molecule has 1 unspecified atom stereocenters. The fourth-order valence-electron chi connectivity index (χ4n) is 2.34. The molecule has 0 aromatic heterocycles. The summed E-state index contributed by atoms with van der Waals surface area (Å²) >= 11 is 0. The topological polar surface area (TPSA) is 49.8 Å². The Bertz CT molecular complexity index is 431. The molecule has 4 heteroatoms. The second kappa shape index (κ2) is 4.65. The van der Waals surface area contributed by atoms with Crippen LogP contribution < -0.4 is 4.90 Å². The highest BCUT2D eigenvalue weighted by Crippen LogP contribution is 2.38. The standard InChI is InChI=1S/C13H17NO3/c1-14-6-5-9(7-13(16)17-2)11-8-10(15)3-4-12(11)14/h3-4,8-9,15H,5-7H2,1-2H3. The zero-order valence-electron chi connectivity index (χ0n) is 10.1. The second-order valence-corrected chi connectivity index (χ2v) is 4.43. The maximum Gasteiger partial charge on any atom is 0.306 e. The van der Waals surface area contributed by atoms with Crippen LogP contribution in [0.3, 0.4) is 0 Å². The average molecular weight is 235 g/mol. The average Bonchev–Trinajstić information content (AvgIpc) is 2.32. The number of carbonyl (C=O) groups is 1. The summed E-state index contributed by atoms with van der Waals surface area (Å²) in [6.07, 6.45) is 1.28. The summed E-state index contributed by atoms with van der Waals surface area (Å²) in [5.41, 5.74) is 2.12. The molecule has 1 N–H and O–H groups in total. The molecule has 1 aliphatic rings. The van der Waals surface area contributed by atoms with E-state index in [-0.39, 0.29) is 17.6 Å². The highest BCUT2D eigenvalue weighted by Gasteiger charge is 2.25. The van der Waals surface area contributed by atoms with Crippen molar-refractivity contribution in [2.75, 3.05) is 25.6 Å². The van der Waals surface area contributed by atoms with Gasteiger partial charge in [0.25, 0.3) is 0 Å². The summed E-state index contributed by atoms with van der Waals surface area (Å²) < 4.78 is 4.71. The molecule has 0 aliphatic carbocycles. The molecular formula is C13H17NO3. The van der Waals surface area contributed by atoms with Gasteiger partial charge in [-0.3, -0.25) is 4.79 Å². The summed E-state index contributed by atoms with van der Waals surface area (Å²) in [6, 6.07) is 5.32. The lowest BCUT2D eigenvalue weighted by molar-refractivity contribution is -0.141. The van der Waals surface area contributed by atoms with Crippen molar-refractivity contribution in [1.29, 1.82) is 0 Å². The van der Waals surface area contributed by atoms with Crippen molar-refractivity contribution in [3.8, 4) is 5.75 Å². The van der Waals surface area contributed by atoms with E-state index in [0.29, 0.717) is 6.42 Å². The predicted octanol–water partition coefficient (Wildman–Crippen LogP) is 1.88. The van der Waals surface area contributed by atoms with Gasteiger partial charge in [-0.1, -0.05) is 0 Å². The van der Waals surface area contributed by atoms with Crippen LogP contribution in [0.15, 0.2) is 18.2 Å². The number of phenols is 1. The zero-order chi connectivity index (χ0) is 12.4. The third kappa shape index (κ3) is 2.35. The Hall–Kier alpha value is -1.71. The van der Waals surface area contributed by atoms with Crippen molar-refractivity contribution in [1.82, 2.24) is 0 Å². The van der Waals surface area contributed by atoms with Crippen LogP contribution in [0, 0.1) is 0 Å². The number of benzene rings is 1. The fourth-order valence-corrected chi connectivity index (χ4v) is 2.34. The van der Waals surface area contributed by atoms with Gasteiger partial charge >= 0.3 is 5.97 Å². The first-order chi connectivity index (χ1) is 8.11. The first-order valence-corrected chi connectivity index (χ1v) is 5.72. The lowest BCUT2D eigenvalue weighted by atomic mass is 9.87. The van der Waals surface area contributed by atoms with Crippen LogP contribution in [0.2, 0.25) is 0 Å². The van der Waals surface area contributed by atoms with Crippen LogP contribution in [0.1, 0.15) is 24.3 Å². The van der Waals surface area contributed by atoms with Crippen molar-refractivity contribution >= 4 is 11.7 Å². The van der Waals surface area contributed by atoms with Crippen LogP contribution in [0.4, 0.5) is 5.69 Å². The molecule has 0 spiro atoms. The highest BCUT2D eigenvalue weighted by atomic mass is 16.5. The van der Waals surface area contributed by atoms with Crippen molar-refractivity contribution in [2.24, 2.45) is 0 Å². The number of hydrogen-bond acceptors (Lipinski definition) is 4. The number of ether oxygens (including phenoxy) is 1. The minimum Gasteiger partial charge on any atom is -0.508 e. The quantitative estimate of drug-likeness (QED) is 0.795. The van der Waals surface area contributed by atoms with Gasteiger partial charge in [-0.15, -0.1) is 0 Å². The minimum atomic E-state index is -0.200. The van der Waals surface area contributed by atoms with Crippen LogP contribution in [-0.2, 0) is 9.53 Å². The third-order valence-electron chi connectivity index (χ3n) is 3.32. The van der Waals surface area contributed by atoms with Gasteiger partial charge in [0.15, 0.2) is 0 Å². The molecule has 1 heterocycles. The van der Waals surface area contributed by atoms with Gasteiger partial charge in [-0.05, 0) is 36.1 Å². The van der Waals surface area contributed by atoms with Crippen molar-refractivity contribution in [3.05, 3.63) is 23.8 Å². The van der Waals surface area contributed by atoms with Crippen LogP contribution >= 0.6 is 0 Å². The molecule has 0 bridgehead atoms. The Labute approximate surface area is 101 Å². The first-order valence-electron chi connectivity index (χ1n) is 5.72. The molecule has 0 saturated carbocycles. The lowest BCUT2D eigenvalue weighted by Gasteiger charge is -2.32. The van der Waals surface area contributed by atoms with E-state index in [2.05, 4.69) is 4.90 Å². The smallest absolute Gasteiger partial charge is 0.306 e. The van der Waals surface area contributed by atoms with Gasteiger partial charge in [0.05, 0.1) is 13.5 Å². The molecule has 0 saturated heterocycles. The lowest BCUT2D eigenvalue weighted by Crippen LogP contribution is -2.28. The second-order valence-electron chi connectivity index (χ2n) is 4.43. The Morgan fingerprint density at radius 1 is 1.59 bits per heavy atom. The fraction of sp³-hybridized carbons (Fsp3) is 0.462. The molecular weight excluding hydrogens is 218 g/mol. The Morgan fingerprint density at radius 3 is 3.06 bits per heavy atom. The number of aromatic hydroxyl groups is 1. The number of fused-ring (bicyclic) bond motifs is 1. The molecule has 1 aliphatic heterocycles. The summed E-state index contributed by atoms with van der Waals surface area (Å²) in [6.45, 7) is 0.916. The maximum absolute atomic E-state index is 11.4. The van der Waals surface area contributed by atoms with E-state index in [1.54, 1.807) is 12.1 Å². The monoisotopic (exact) mass is 235 g/mol. The van der Waals surface area contributed by atoms with Crippen LogP contribution in [0.25, 0.3) is 0 Å². The summed E-state index contributed by atoms with van der Waals surface area (Å²) in [5, 5.41) is 9.55. The number of hydrogen-bond donors (Lipinski definition) is 1. The van der Waals surface area contributed by atoms with E-state index < -0.39 is 0 Å². The molecule has 17 heavy (non-hydrogen) atoms. The Balaban J connectivity index is 2.30. The van der Waals surface area contributed by atoms with E-state index in [1.165, 1.54) is 7.11 Å². The molecule has 1 aromatic carbocycles. The van der Waals surface area contributed by atoms with Gasteiger partial charge in [-0.25, -0.2) is 0 Å². The zero-order valence-corrected chi connectivity index (χ0v) is 10.1. The predicted molar refractivity (Wildman–Crippen MR) is 65.4 cm³/mol. The molecule has 92 valence electrons. The van der Waals surface area contributed by atoms with Gasteiger partial charge < -0.3 is 14.7 Å². The van der Waals surface area contributed by atoms with E-state index in [4.69, 9.17) is 4.74 Å². The number of esters is 1. The number of nitrogens with zero attached hydrogens (tertiary/aromatic N) is 1. The Kier molecular flexibility index (Phi) is 3.22. The number of rotatable bonds is 2. The maximum atomic E-state index is 11.4. The molecule has 1 aromatic rings. The van der Waals surface area contributed by atoms with Crippen LogP contribution in [0.5, 0.6) is 5.75 Å². The van der Waals surface area contributed by atoms with Crippen LogP contribution in [-0.4, -0.2) is 31.8 Å². The largest absolute Gasteiger partial charge is 0.508 e. The van der Waals surface area contributed by atoms with Crippen molar-refractivity contribution in [2.45, 2.75) is 18.8 Å². The highest BCUT2D eigenvalue weighted by molar-refractivity contribution is 5.72. The van der Waals surface area contributed by atoms with E-state index in [0.717, 1.165) is 24.2 Å².